The van der Waals surface area contributed by atoms with E-state index in [-0.39, 0.29) is 11.8 Å². The summed E-state index contributed by atoms with van der Waals surface area (Å²) in [5.74, 6) is -2.33. The van der Waals surface area contributed by atoms with Gasteiger partial charge in [-0.25, -0.2) is 9.59 Å². The third-order valence-electron chi connectivity index (χ3n) is 2.65. The van der Waals surface area contributed by atoms with Crippen molar-refractivity contribution in [3.05, 3.63) is 29.3 Å². The van der Waals surface area contributed by atoms with Crippen LogP contribution in [0.2, 0.25) is 0 Å². The molecule has 2 aliphatic rings. The number of hydrogen-bond donors (Lipinski definition) is 0. The maximum Gasteiger partial charge on any atom is 0.387 e. The molecule has 19 heavy (non-hydrogen) atoms. The van der Waals surface area contributed by atoms with E-state index >= 15 is 0 Å². The van der Waals surface area contributed by atoms with Crippen LogP contribution in [0.1, 0.15) is 5.56 Å². The van der Waals surface area contributed by atoms with E-state index in [9.17, 15) is 14.4 Å². The minimum Gasteiger partial charge on any atom is -0.454 e. The smallest absolute Gasteiger partial charge is 0.387 e. The first-order valence-electron chi connectivity index (χ1n) is 5.18. The molecule has 96 valence electrons. The highest BCUT2D eigenvalue weighted by Crippen LogP contribution is 2.37. The molecule has 0 N–H and O–H groups in total. The van der Waals surface area contributed by atoms with Crippen molar-refractivity contribution in [2.24, 2.45) is 0 Å². The molecule has 1 aromatic rings. The summed E-state index contributed by atoms with van der Waals surface area (Å²) in [7, 11) is 0. The van der Waals surface area contributed by atoms with Gasteiger partial charge in [0.25, 0.3) is 5.78 Å². The van der Waals surface area contributed by atoms with Crippen LogP contribution in [0.5, 0.6) is 11.5 Å². The Morgan fingerprint density at radius 2 is 1.79 bits per heavy atom. The van der Waals surface area contributed by atoms with Crippen LogP contribution in [0.25, 0.3) is 5.03 Å². The van der Waals surface area contributed by atoms with Crippen molar-refractivity contribution in [1.82, 2.24) is 0 Å². The number of benzene rings is 1. The Morgan fingerprint density at radius 1 is 1.05 bits per heavy atom. The van der Waals surface area contributed by atoms with E-state index in [1.165, 1.54) is 6.07 Å². The molecule has 0 spiro atoms. The number of rotatable bonds is 1. The van der Waals surface area contributed by atoms with E-state index in [1.807, 2.05) is 0 Å². The van der Waals surface area contributed by atoms with Gasteiger partial charge in [0.1, 0.15) is 5.57 Å². The van der Waals surface area contributed by atoms with Crippen LogP contribution in [0, 0.1) is 0 Å². The second kappa shape index (κ2) is 4.10. The zero-order chi connectivity index (χ0) is 13.6. The summed E-state index contributed by atoms with van der Waals surface area (Å²) in [4.78, 5) is 33.8. The highest BCUT2D eigenvalue weighted by molar-refractivity contribution is 6.62. The fraction of sp³-hybridized carbons (Fsp3) is 0.0833. The van der Waals surface area contributed by atoms with Gasteiger partial charge in [-0.2, -0.15) is 0 Å². The molecule has 0 atom stereocenters. The molecule has 6 nitrogen and oxygen atoms in total. The first-order valence-corrected chi connectivity index (χ1v) is 5.56. The fourth-order valence-electron chi connectivity index (χ4n) is 1.74. The molecule has 3 rings (SSSR count). The molecule has 2 heterocycles. The number of fused-ring (bicyclic) bond motifs is 1. The molecular formula is C12H5ClO6. The van der Waals surface area contributed by atoms with Gasteiger partial charge < -0.3 is 14.2 Å². The van der Waals surface area contributed by atoms with E-state index in [4.69, 9.17) is 21.1 Å². The molecule has 2 aliphatic heterocycles. The predicted molar refractivity (Wildman–Crippen MR) is 61.4 cm³/mol. The molecule has 0 aromatic heterocycles. The van der Waals surface area contributed by atoms with Gasteiger partial charge in [0.15, 0.2) is 11.5 Å². The lowest BCUT2D eigenvalue weighted by atomic mass is 10.1. The highest BCUT2D eigenvalue weighted by atomic mass is 35.5. The summed E-state index contributed by atoms with van der Waals surface area (Å²) in [6.07, 6.45) is 0. The van der Waals surface area contributed by atoms with Crippen LogP contribution in [-0.4, -0.2) is 24.5 Å². The predicted octanol–water partition coefficient (Wildman–Crippen LogP) is 1.02. The number of Topliss-reactive ketones (excluding diaryl/α,β-unsaturated/α-hetero) is 1. The Kier molecular flexibility index (Phi) is 2.53. The first kappa shape index (κ1) is 11.7. The quantitative estimate of drug-likeness (QED) is 0.251. The average Bonchev–Trinajstić information content (AvgIpc) is 2.94. The number of ether oxygens (including phenoxy) is 3. The van der Waals surface area contributed by atoms with Gasteiger partial charge in [0.2, 0.25) is 6.79 Å². The largest absolute Gasteiger partial charge is 0.454 e. The van der Waals surface area contributed by atoms with Crippen molar-refractivity contribution < 1.29 is 28.6 Å². The lowest BCUT2D eigenvalue weighted by molar-refractivity contribution is -0.154. The zero-order valence-corrected chi connectivity index (χ0v) is 10.0. The molecule has 1 saturated heterocycles. The average molecular weight is 281 g/mol. The summed E-state index contributed by atoms with van der Waals surface area (Å²) in [6.45, 7) is 0.0897. The second-order valence-electron chi connectivity index (χ2n) is 3.76. The Hall–Kier alpha value is -2.34. The van der Waals surface area contributed by atoms with Crippen molar-refractivity contribution in [3.8, 4) is 11.5 Å². The van der Waals surface area contributed by atoms with Crippen LogP contribution in [0.3, 0.4) is 0 Å². The Bertz CT molecular complexity index is 660. The normalized spacial score (nSPS) is 19.7. The molecule has 0 unspecified atom stereocenters. The third-order valence-corrected chi connectivity index (χ3v) is 3.05. The Morgan fingerprint density at radius 3 is 2.47 bits per heavy atom. The molecule has 1 fully saturated rings. The number of halogens is 1. The molecule has 1 aromatic carbocycles. The van der Waals surface area contributed by atoms with Gasteiger partial charge in [-0.1, -0.05) is 11.6 Å². The maximum atomic E-state index is 11.5. The van der Waals surface area contributed by atoms with Crippen LogP contribution < -0.4 is 9.47 Å². The molecule has 0 amide bonds. The van der Waals surface area contributed by atoms with Gasteiger partial charge in [0.05, 0.1) is 5.03 Å². The summed E-state index contributed by atoms with van der Waals surface area (Å²) in [6, 6.07) is 4.65. The molecule has 0 saturated carbocycles. The fourth-order valence-corrected chi connectivity index (χ4v) is 2.02. The number of carbonyl (C=O) groups is 3. The number of cyclic esters (lactones) is 2. The minimum atomic E-state index is -1.22. The van der Waals surface area contributed by atoms with E-state index in [0.717, 1.165) is 0 Å². The monoisotopic (exact) mass is 280 g/mol. The van der Waals surface area contributed by atoms with Gasteiger partial charge in [0, 0.05) is 0 Å². The van der Waals surface area contributed by atoms with Crippen LogP contribution in [0.15, 0.2) is 23.8 Å². The third kappa shape index (κ3) is 1.77. The van der Waals surface area contributed by atoms with E-state index in [1.54, 1.807) is 12.1 Å². The zero-order valence-electron chi connectivity index (χ0n) is 9.27. The molecule has 0 bridgehead atoms. The molecule has 0 radical (unpaired) electrons. The summed E-state index contributed by atoms with van der Waals surface area (Å²) >= 11 is 5.98. The van der Waals surface area contributed by atoms with Gasteiger partial charge in [-0.05, 0) is 23.8 Å². The first-order chi connectivity index (χ1) is 9.08. The van der Waals surface area contributed by atoms with E-state index in [2.05, 4.69) is 4.74 Å². The van der Waals surface area contributed by atoms with Crippen LogP contribution in [-0.2, 0) is 19.1 Å². The number of esters is 2. The SMILES string of the molecule is O=C1OC(=O)C(=C(Cl)c2ccc3c(c2)OCO3)C1=O. The van der Waals surface area contributed by atoms with Gasteiger partial charge >= 0.3 is 11.9 Å². The van der Waals surface area contributed by atoms with Gasteiger partial charge in [-0.3, -0.25) is 4.79 Å². The molecular weight excluding hydrogens is 276 g/mol. The van der Waals surface area contributed by atoms with Crippen molar-refractivity contribution >= 4 is 34.4 Å². The van der Waals surface area contributed by atoms with E-state index < -0.39 is 23.3 Å². The summed E-state index contributed by atoms with van der Waals surface area (Å²) in [5.41, 5.74) is -0.105. The van der Waals surface area contributed by atoms with Crippen molar-refractivity contribution in [3.63, 3.8) is 0 Å². The summed E-state index contributed by atoms with van der Waals surface area (Å²) in [5, 5.41) is -0.154. The van der Waals surface area contributed by atoms with Crippen LogP contribution in [0.4, 0.5) is 0 Å². The number of ketones is 1. The Labute approximate surface area is 111 Å². The lowest BCUT2D eigenvalue weighted by Gasteiger charge is -2.02. The maximum absolute atomic E-state index is 11.5. The van der Waals surface area contributed by atoms with Crippen molar-refractivity contribution in [2.45, 2.75) is 0 Å². The van der Waals surface area contributed by atoms with E-state index in [0.29, 0.717) is 17.1 Å². The Balaban J connectivity index is 2.09. The summed E-state index contributed by atoms with van der Waals surface area (Å²) < 4.78 is 14.5. The van der Waals surface area contributed by atoms with Crippen LogP contribution >= 0.6 is 11.6 Å². The highest BCUT2D eigenvalue weighted by Gasteiger charge is 2.40. The second-order valence-corrected chi connectivity index (χ2v) is 4.14. The molecule has 0 aliphatic carbocycles. The van der Waals surface area contributed by atoms with Crippen molar-refractivity contribution in [2.75, 3.05) is 6.79 Å². The lowest BCUT2D eigenvalue weighted by Crippen LogP contribution is -2.07. The van der Waals surface area contributed by atoms with Crippen molar-refractivity contribution in [1.29, 1.82) is 0 Å². The number of carbonyl (C=O) groups excluding carboxylic acids is 3. The topological polar surface area (TPSA) is 78.9 Å². The number of hydrogen-bond acceptors (Lipinski definition) is 6. The molecule has 7 heteroatoms. The minimum absolute atomic E-state index is 0.0897. The van der Waals surface area contributed by atoms with Gasteiger partial charge in [-0.15, -0.1) is 0 Å². The standard InChI is InChI=1S/C12H5ClO6/c13-9(8-10(14)12(16)19-11(8)15)5-1-2-6-7(3-5)18-4-17-6/h1-3H,4H2.